The lowest BCUT2D eigenvalue weighted by Gasteiger charge is -2.05. The van der Waals surface area contributed by atoms with Crippen LogP contribution in [0.25, 0.3) is 0 Å². The van der Waals surface area contributed by atoms with Gasteiger partial charge in [0.05, 0.1) is 17.0 Å². The molecule has 0 fully saturated rings. The first kappa shape index (κ1) is 20.5. The minimum atomic E-state index is -3.77. The van der Waals surface area contributed by atoms with E-state index in [9.17, 15) is 17.6 Å². The molecule has 28 heavy (non-hydrogen) atoms. The van der Waals surface area contributed by atoms with Gasteiger partial charge in [0.25, 0.3) is 0 Å². The van der Waals surface area contributed by atoms with Crippen LogP contribution in [-0.2, 0) is 27.0 Å². The summed E-state index contributed by atoms with van der Waals surface area (Å²) in [7, 11) is -3.77. The summed E-state index contributed by atoms with van der Waals surface area (Å²) in [5.74, 6) is -0.0682. The largest absolute Gasteiger partial charge is 0.326 e. The third-order valence-corrected chi connectivity index (χ3v) is 6.70. The predicted octanol–water partition coefficient (Wildman–Crippen LogP) is 3.40. The van der Waals surface area contributed by atoms with E-state index in [1.165, 1.54) is 53.4 Å². The van der Waals surface area contributed by atoms with Gasteiger partial charge in [0.1, 0.15) is 10.2 Å². The fraction of sp³-hybridized carbons (Fsp3) is 0.111. The lowest BCUT2D eigenvalue weighted by Crippen LogP contribution is -2.15. The Morgan fingerprint density at radius 2 is 1.89 bits per heavy atom. The van der Waals surface area contributed by atoms with Crippen LogP contribution in [0.2, 0.25) is 0 Å². The molecule has 10 heteroatoms. The minimum Gasteiger partial charge on any atom is -0.326 e. The van der Waals surface area contributed by atoms with Crippen LogP contribution in [0.1, 0.15) is 11.3 Å². The molecule has 0 aliphatic rings. The van der Waals surface area contributed by atoms with Gasteiger partial charge in [-0.15, -0.1) is 11.3 Å². The van der Waals surface area contributed by atoms with Gasteiger partial charge in [0, 0.05) is 16.8 Å². The monoisotopic (exact) mass is 437 g/mol. The minimum absolute atomic E-state index is 0.0264. The quantitative estimate of drug-likeness (QED) is 0.552. The molecule has 3 rings (SSSR count). The molecule has 1 heterocycles. The third-order valence-electron chi connectivity index (χ3n) is 3.65. The molecule has 0 unspecified atom stereocenters. The number of nitrogens with zero attached hydrogens (tertiary/aromatic N) is 1. The predicted molar refractivity (Wildman–Crippen MR) is 108 cm³/mol. The molecule has 0 atom stereocenters. The number of rotatable bonds is 7. The molecule has 0 aliphatic heterocycles. The first-order valence-electron chi connectivity index (χ1n) is 8.04. The number of primary sulfonamides is 1. The number of amides is 1. The summed E-state index contributed by atoms with van der Waals surface area (Å²) in [5, 5.41) is 9.50. The standard InChI is InChI=1S/C18H16FN3O3S3/c19-16-4-2-1-3-12(16)10-26-18-22-14(11-27-18)9-17(23)21-13-5-7-15(8-6-13)28(20,24)25/h1-8,11H,9-10H2,(H,21,23)(H2,20,24,25). The molecular weight excluding hydrogens is 421 g/mol. The molecule has 6 nitrogen and oxygen atoms in total. The van der Waals surface area contributed by atoms with E-state index in [4.69, 9.17) is 5.14 Å². The molecule has 0 saturated carbocycles. The van der Waals surface area contributed by atoms with E-state index in [0.717, 1.165) is 4.34 Å². The second-order valence-electron chi connectivity index (χ2n) is 5.78. The number of sulfonamides is 1. The number of thioether (sulfide) groups is 1. The van der Waals surface area contributed by atoms with E-state index >= 15 is 0 Å². The summed E-state index contributed by atoms with van der Waals surface area (Å²) in [6, 6.07) is 12.2. The van der Waals surface area contributed by atoms with E-state index in [1.807, 2.05) is 0 Å². The number of nitrogens with two attached hydrogens (primary N) is 1. The van der Waals surface area contributed by atoms with Crippen molar-refractivity contribution < 1.29 is 17.6 Å². The zero-order valence-corrected chi connectivity index (χ0v) is 16.9. The Kier molecular flexibility index (Phi) is 6.45. The van der Waals surface area contributed by atoms with Crippen LogP contribution >= 0.6 is 23.1 Å². The summed E-state index contributed by atoms with van der Waals surface area (Å²) in [4.78, 5) is 16.5. The molecule has 0 saturated heterocycles. The normalized spacial score (nSPS) is 11.4. The van der Waals surface area contributed by atoms with Gasteiger partial charge in [0.15, 0.2) is 0 Å². The zero-order chi connectivity index (χ0) is 20.1. The molecule has 3 N–H and O–H groups in total. The number of hydrogen-bond acceptors (Lipinski definition) is 6. The van der Waals surface area contributed by atoms with Crippen molar-refractivity contribution in [1.29, 1.82) is 0 Å². The van der Waals surface area contributed by atoms with Crippen LogP contribution < -0.4 is 10.5 Å². The number of benzene rings is 2. The zero-order valence-electron chi connectivity index (χ0n) is 14.5. The number of anilines is 1. The highest BCUT2D eigenvalue weighted by Gasteiger charge is 2.11. The van der Waals surface area contributed by atoms with Crippen LogP contribution in [0.4, 0.5) is 10.1 Å². The average Bonchev–Trinajstić information content (AvgIpc) is 3.08. The highest BCUT2D eigenvalue weighted by Crippen LogP contribution is 2.27. The van der Waals surface area contributed by atoms with E-state index in [-0.39, 0.29) is 23.0 Å². The molecule has 3 aromatic rings. The Hall–Kier alpha value is -2.27. The first-order valence-corrected chi connectivity index (χ1v) is 11.5. The molecule has 0 radical (unpaired) electrons. The van der Waals surface area contributed by atoms with Gasteiger partial charge in [-0.1, -0.05) is 30.0 Å². The average molecular weight is 438 g/mol. The Morgan fingerprint density at radius 3 is 2.57 bits per heavy atom. The van der Waals surface area contributed by atoms with Crippen LogP contribution in [0.3, 0.4) is 0 Å². The van der Waals surface area contributed by atoms with Gasteiger partial charge in [-0.25, -0.2) is 22.9 Å². The summed E-state index contributed by atoms with van der Waals surface area (Å²) < 4.78 is 36.9. The van der Waals surface area contributed by atoms with E-state index in [1.54, 1.807) is 23.6 Å². The van der Waals surface area contributed by atoms with Crippen molar-refractivity contribution in [2.24, 2.45) is 5.14 Å². The number of nitrogens with one attached hydrogen (secondary N) is 1. The van der Waals surface area contributed by atoms with Crippen LogP contribution in [-0.4, -0.2) is 19.3 Å². The molecule has 0 bridgehead atoms. The first-order chi connectivity index (χ1) is 13.3. The fourth-order valence-corrected chi connectivity index (χ4v) is 4.63. The molecule has 0 spiro atoms. The Balaban J connectivity index is 1.54. The van der Waals surface area contributed by atoms with Crippen LogP contribution in [0.15, 0.2) is 63.1 Å². The van der Waals surface area contributed by atoms with Gasteiger partial charge in [0.2, 0.25) is 15.9 Å². The Labute approximate surface area is 170 Å². The number of thiazole rings is 1. The lowest BCUT2D eigenvalue weighted by atomic mass is 10.2. The van der Waals surface area contributed by atoms with E-state index in [0.29, 0.717) is 22.7 Å². The molecule has 146 valence electrons. The third kappa shape index (κ3) is 5.61. The second kappa shape index (κ2) is 8.82. The van der Waals surface area contributed by atoms with Gasteiger partial charge in [-0.3, -0.25) is 4.79 Å². The SMILES string of the molecule is NS(=O)(=O)c1ccc(NC(=O)Cc2csc(SCc3ccccc3F)n2)cc1. The summed E-state index contributed by atoms with van der Waals surface area (Å²) in [5.41, 5.74) is 1.67. The van der Waals surface area contributed by atoms with Crippen molar-refractivity contribution in [1.82, 2.24) is 4.98 Å². The summed E-state index contributed by atoms with van der Waals surface area (Å²) in [6.07, 6.45) is 0.0771. The number of carbonyl (C=O) groups excluding carboxylic acids is 1. The van der Waals surface area contributed by atoms with Crippen molar-refractivity contribution in [3.05, 3.63) is 71.0 Å². The van der Waals surface area contributed by atoms with Gasteiger partial charge in [-0.05, 0) is 35.9 Å². The smallest absolute Gasteiger partial charge is 0.238 e. The molecule has 2 aromatic carbocycles. The van der Waals surface area contributed by atoms with Crippen LogP contribution in [0, 0.1) is 5.82 Å². The number of hydrogen-bond donors (Lipinski definition) is 2. The highest BCUT2D eigenvalue weighted by atomic mass is 32.2. The van der Waals surface area contributed by atoms with Crippen molar-refractivity contribution in [2.75, 3.05) is 5.32 Å². The van der Waals surface area contributed by atoms with Gasteiger partial charge < -0.3 is 5.32 Å². The van der Waals surface area contributed by atoms with E-state index in [2.05, 4.69) is 10.3 Å². The van der Waals surface area contributed by atoms with Crippen molar-refractivity contribution in [3.8, 4) is 0 Å². The lowest BCUT2D eigenvalue weighted by molar-refractivity contribution is -0.115. The molecule has 1 aromatic heterocycles. The number of carbonyl (C=O) groups is 1. The number of halogens is 1. The van der Waals surface area contributed by atoms with Gasteiger partial charge >= 0.3 is 0 Å². The topological polar surface area (TPSA) is 102 Å². The summed E-state index contributed by atoms with van der Waals surface area (Å²) >= 11 is 2.81. The number of aromatic nitrogens is 1. The van der Waals surface area contributed by atoms with E-state index < -0.39 is 10.0 Å². The maximum absolute atomic E-state index is 13.6. The van der Waals surface area contributed by atoms with Gasteiger partial charge in [-0.2, -0.15) is 0 Å². The maximum atomic E-state index is 13.6. The molecular formula is C18H16FN3O3S3. The summed E-state index contributed by atoms with van der Waals surface area (Å²) in [6.45, 7) is 0. The van der Waals surface area contributed by atoms with Crippen molar-refractivity contribution in [2.45, 2.75) is 21.4 Å². The molecule has 1 amide bonds. The Morgan fingerprint density at radius 1 is 1.18 bits per heavy atom. The Bertz CT molecular complexity index is 1080. The fourth-order valence-electron chi connectivity index (χ4n) is 2.29. The molecule has 0 aliphatic carbocycles. The second-order valence-corrected chi connectivity index (χ2v) is 9.42. The van der Waals surface area contributed by atoms with Crippen LogP contribution in [0.5, 0.6) is 0 Å². The highest BCUT2D eigenvalue weighted by molar-refractivity contribution is 8.00. The van der Waals surface area contributed by atoms with Crippen molar-refractivity contribution >= 4 is 44.7 Å². The maximum Gasteiger partial charge on any atom is 0.238 e. The van der Waals surface area contributed by atoms with Crippen molar-refractivity contribution in [3.63, 3.8) is 0 Å².